The summed E-state index contributed by atoms with van der Waals surface area (Å²) in [6, 6.07) is 5.62. The van der Waals surface area contributed by atoms with Crippen molar-refractivity contribution in [3.8, 4) is 5.75 Å². The van der Waals surface area contributed by atoms with Crippen LogP contribution < -0.4 is 0 Å². The van der Waals surface area contributed by atoms with Crippen molar-refractivity contribution in [3.63, 3.8) is 0 Å². The summed E-state index contributed by atoms with van der Waals surface area (Å²) >= 11 is 0. The van der Waals surface area contributed by atoms with Crippen LogP contribution in [-0.4, -0.2) is 17.7 Å². The van der Waals surface area contributed by atoms with Crippen LogP contribution in [0.25, 0.3) is 0 Å². The molecular weight excluding hydrogens is 216 g/mol. The van der Waals surface area contributed by atoms with Gasteiger partial charge >= 0.3 is 5.97 Å². The first-order valence-electron chi connectivity index (χ1n) is 6.16. The van der Waals surface area contributed by atoms with E-state index in [1.54, 1.807) is 6.07 Å². The molecule has 1 atom stereocenters. The fourth-order valence-electron chi connectivity index (χ4n) is 2.49. The molecule has 0 saturated carbocycles. The molecule has 1 aromatic rings. The standard InChI is InChI=1S/C14H18O3/c1-2-17-14(16)9-10-6-7-12-11(8-10)4-3-5-13(12)15/h3-5,10,15H,2,6-9H2,1H3. The van der Waals surface area contributed by atoms with Gasteiger partial charge in [-0.3, -0.25) is 4.79 Å². The molecule has 0 radical (unpaired) electrons. The fourth-order valence-corrected chi connectivity index (χ4v) is 2.49. The minimum absolute atomic E-state index is 0.110. The molecular formula is C14H18O3. The highest BCUT2D eigenvalue weighted by Crippen LogP contribution is 2.32. The van der Waals surface area contributed by atoms with Crippen LogP contribution in [0.2, 0.25) is 0 Å². The fraction of sp³-hybridized carbons (Fsp3) is 0.500. The van der Waals surface area contributed by atoms with Gasteiger partial charge in [0.25, 0.3) is 0 Å². The molecule has 0 aromatic heterocycles. The van der Waals surface area contributed by atoms with Gasteiger partial charge in [0.2, 0.25) is 0 Å². The highest BCUT2D eigenvalue weighted by Gasteiger charge is 2.23. The lowest BCUT2D eigenvalue weighted by atomic mass is 9.82. The monoisotopic (exact) mass is 234 g/mol. The number of phenolic OH excluding ortho intramolecular Hbond substituents is 1. The van der Waals surface area contributed by atoms with Crippen LogP contribution in [0.15, 0.2) is 18.2 Å². The van der Waals surface area contributed by atoms with Crippen LogP contribution in [-0.2, 0) is 22.4 Å². The van der Waals surface area contributed by atoms with E-state index in [2.05, 4.69) is 0 Å². The van der Waals surface area contributed by atoms with Crippen LogP contribution in [0.5, 0.6) is 5.75 Å². The summed E-state index contributed by atoms with van der Waals surface area (Å²) in [5.41, 5.74) is 2.22. The number of benzene rings is 1. The van der Waals surface area contributed by atoms with Gasteiger partial charge in [-0.25, -0.2) is 0 Å². The summed E-state index contributed by atoms with van der Waals surface area (Å²) in [6.45, 7) is 2.27. The average molecular weight is 234 g/mol. The van der Waals surface area contributed by atoms with Gasteiger partial charge in [-0.2, -0.15) is 0 Å². The van der Waals surface area contributed by atoms with Gasteiger partial charge in [-0.05, 0) is 49.3 Å². The number of ether oxygens (including phenoxy) is 1. The van der Waals surface area contributed by atoms with Gasteiger partial charge in [-0.1, -0.05) is 12.1 Å². The van der Waals surface area contributed by atoms with Crippen LogP contribution >= 0.6 is 0 Å². The molecule has 92 valence electrons. The molecule has 2 rings (SSSR count). The second-order valence-corrected chi connectivity index (χ2v) is 4.53. The van der Waals surface area contributed by atoms with Crippen molar-refractivity contribution in [2.75, 3.05) is 6.61 Å². The van der Waals surface area contributed by atoms with E-state index in [1.165, 1.54) is 5.56 Å². The molecule has 3 nitrogen and oxygen atoms in total. The first kappa shape index (κ1) is 12.0. The summed E-state index contributed by atoms with van der Waals surface area (Å²) in [5.74, 6) is 0.626. The lowest BCUT2D eigenvalue weighted by Gasteiger charge is -2.24. The van der Waals surface area contributed by atoms with E-state index in [0.29, 0.717) is 24.7 Å². The molecule has 3 heteroatoms. The Balaban J connectivity index is 2.01. The first-order chi connectivity index (χ1) is 8.20. The maximum atomic E-state index is 11.4. The predicted octanol–water partition coefficient (Wildman–Crippen LogP) is 2.45. The number of carbonyl (C=O) groups is 1. The Morgan fingerprint density at radius 1 is 1.53 bits per heavy atom. The van der Waals surface area contributed by atoms with E-state index in [1.807, 2.05) is 19.1 Å². The van der Waals surface area contributed by atoms with Crippen molar-refractivity contribution in [2.45, 2.75) is 32.6 Å². The molecule has 0 amide bonds. The molecule has 1 aliphatic rings. The number of hydrogen-bond acceptors (Lipinski definition) is 3. The van der Waals surface area contributed by atoms with E-state index >= 15 is 0 Å². The summed E-state index contributed by atoms with van der Waals surface area (Å²) in [5, 5.41) is 9.72. The molecule has 17 heavy (non-hydrogen) atoms. The molecule has 0 spiro atoms. The third kappa shape index (κ3) is 2.78. The van der Waals surface area contributed by atoms with Crippen LogP contribution in [0.3, 0.4) is 0 Å². The van der Waals surface area contributed by atoms with E-state index in [-0.39, 0.29) is 5.97 Å². The Bertz CT molecular complexity index is 412. The zero-order valence-electron chi connectivity index (χ0n) is 10.1. The lowest BCUT2D eigenvalue weighted by Crippen LogP contribution is -2.19. The lowest BCUT2D eigenvalue weighted by molar-refractivity contribution is -0.144. The number of phenols is 1. The van der Waals surface area contributed by atoms with Gasteiger partial charge < -0.3 is 9.84 Å². The van der Waals surface area contributed by atoms with Crippen molar-refractivity contribution in [2.24, 2.45) is 5.92 Å². The molecule has 1 aliphatic carbocycles. The number of fused-ring (bicyclic) bond motifs is 1. The largest absolute Gasteiger partial charge is 0.508 e. The van der Waals surface area contributed by atoms with E-state index in [9.17, 15) is 9.90 Å². The minimum atomic E-state index is -0.110. The molecule has 0 fully saturated rings. The summed E-state index contributed by atoms with van der Waals surface area (Å²) < 4.78 is 4.97. The van der Waals surface area contributed by atoms with Crippen molar-refractivity contribution < 1.29 is 14.6 Å². The maximum Gasteiger partial charge on any atom is 0.306 e. The van der Waals surface area contributed by atoms with Gasteiger partial charge in [0.1, 0.15) is 5.75 Å². The van der Waals surface area contributed by atoms with Crippen LogP contribution in [0, 0.1) is 5.92 Å². The van der Waals surface area contributed by atoms with E-state index in [4.69, 9.17) is 4.74 Å². The number of aromatic hydroxyl groups is 1. The maximum absolute atomic E-state index is 11.4. The number of carbonyl (C=O) groups excluding carboxylic acids is 1. The smallest absolute Gasteiger partial charge is 0.306 e. The van der Waals surface area contributed by atoms with Gasteiger partial charge in [0.05, 0.1) is 6.61 Å². The van der Waals surface area contributed by atoms with Crippen molar-refractivity contribution in [1.29, 1.82) is 0 Å². The number of rotatable bonds is 3. The predicted molar refractivity (Wildman–Crippen MR) is 64.9 cm³/mol. The molecule has 1 unspecified atom stereocenters. The van der Waals surface area contributed by atoms with Crippen molar-refractivity contribution in [1.82, 2.24) is 0 Å². The van der Waals surface area contributed by atoms with Crippen LogP contribution in [0.4, 0.5) is 0 Å². The highest BCUT2D eigenvalue weighted by atomic mass is 16.5. The van der Waals surface area contributed by atoms with Crippen molar-refractivity contribution in [3.05, 3.63) is 29.3 Å². The van der Waals surface area contributed by atoms with Crippen molar-refractivity contribution >= 4 is 5.97 Å². The zero-order valence-corrected chi connectivity index (χ0v) is 10.1. The van der Waals surface area contributed by atoms with E-state index < -0.39 is 0 Å². The molecule has 1 aromatic carbocycles. The Morgan fingerprint density at radius 3 is 3.12 bits per heavy atom. The number of hydrogen-bond donors (Lipinski definition) is 1. The average Bonchev–Trinajstić information content (AvgIpc) is 2.29. The topological polar surface area (TPSA) is 46.5 Å². The second kappa shape index (κ2) is 5.21. The minimum Gasteiger partial charge on any atom is -0.508 e. The molecule has 0 bridgehead atoms. The Hall–Kier alpha value is -1.51. The third-order valence-corrected chi connectivity index (χ3v) is 3.32. The van der Waals surface area contributed by atoms with E-state index in [0.717, 1.165) is 24.8 Å². The van der Waals surface area contributed by atoms with Gasteiger partial charge in [0, 0.05) is 6.42 Å². The molecule has 1 N–H and O–H groups in total. The number of esters is 1. The quantitative estimate of drug-likeness (QED) is 0.817. The summed E-state index contributed by atoms with van der Waals surface area (Å²) in [4.78, 5) is 11.4. The highest BCUT2D eigenvalue weighted by molar-refractivity contribution is 5.69. The molecule has 0 saturated heterocycles. The van der Waals surface area contributed by atoms with Gasteiger partial charge in [-0.15, -0.1) is 0 Å². The van der Waals surface area contributed by atoms with Gasteiger partial charge in [0.15, 0.2) is 0 Å². The summed E-state index contributed by atoms with van der Waals surface area (Å²) in [7, 11) is 0. The zero-order chi connectivity index (χ0) is 12.3. The first-order valence-corrected chi connectivity index (χ1v) is 6.16. The van der Waals surface area contributed by atoms with Crippen LogP contribution in [0.1, 0.15) is 30.9 Å². The Morgan fingerprint density at radius 2 is 2.35 bits per heavy atom. The normalized spacial score (nSPS) is 18.5. The summed E-state index contributed by atoms with van der Waals surface area (Å²) in [6.07, 6.45) is 3.15. The second-order valence-electron chi connectivity index (χ2n) is 4.53. The Labute approximate surface area is 101 Å². The molecule has 0 heterocycles. The molecule has 0 aliphatic heterocycles. The Kier molecular flexibility index (Phi) is 3.67. The SMILES string of the molecule is CCOC(=O)CC1CCc2c(O)cccc2C1. The third-order valence-electron chi connectivity index (χ3n) is 3.32.